The predicted molar refractivity (Wildman–Crippen MR) is 60.7 cm³/mol. The molecule has 1 heterocycles. The van der Waals surface area contributed by atoms with Crippen LogP contribution < -0.4 is 5.32 Å². The van der Waals surface area contributed by atoms with Gasteiger partial charge in [0.2, 0.25) is 0 Å². The first-order valence-electron chi connectivity index (χ1n) is 5.24. The summed E-state index contributed by atoms with van der Waals surface area (Å²) in [4.78, 5) is 4.13. The Morgan fingerprint density at radius 1 is 1.56 bits per heavy atom. The number of hydrogen-bond acceptors (Lipinski definition) is 4. The van der Waals surface area contributed by atoms with Crippen molar-refractivity contribution < 1.29 is 5.11 Å². The van der Waals surface area contributed by atoms with E-state index in [1.54, 1.807) is 18.3 Å². The smallest absolute Gasteiger partial charge is 0.144 e. The second-order valence-corrected chi connectivity index (χ2v) is 3.83. The molecular weight excluding hydrogens is 202 g/mol. The van der Waals surface area contributed by atoms with Crippen molar-refractivity contribution in [2.24, 2.45) is 5.92 Å². The van der Waals surface area contributed by atoms with E-state index in [4.69, 9.17) is 10.4 Å². The number of aliphatic hydroxyl groups excluding tert-OH is 1. The van der Waals surface area contributed by atoms with Gasteiger partial charge in [-0.25, -0.2) is 4.98 Å². The number of aromatic nitrogens is 1. The van der Waals surface area contributed by atoms with Gasteiger partial charge in [0.1, 0.15) is 11.9 Å². The van der Waals surface area contributed by atoms with E-state index in [9.17, 15) is 0 Å². The third kappa shape index (κ3) is 2.20. The Labute approximate surface area is 94.2 Å². The van der Waals surface area contributed by atoms with Crippen LogP contribution in [0, 0.1) is 17.2 Å². The number of rotatable bonds is 3. The van der Waals surface area contributed by atoms with Gasteiger partial charge in [0, 0.05) is 24.8 Å². The van der Waals surface area contributed by atoms with Crippen LogP contribution in [0.3, 0.4) is 0 Å². The minimum atomic E-state index is 0.152. The van der Waals surface area contributed by atoms with Crippen molar-refractivity contribution in [2.45, 2.75) is 12.5 Å². The minimum absolute atomic E-state index is 0.152. The summed E-state index contributed by atoms with van der Waals surface area (Å²) >= 11 is 0. The average Bonchev–Trinajstić information content (AvgIpc) is 2.77. The van der Waals surface area contributed by atoms with Crippen LogP contribution in [-0.2, 0) is 0 Å². The second kappa shape index (κ2) is 4.77. The molecule has 2 N–H and O–H groups in total. The van der Waals surface area contributed by atoms with Crippen LogP contribution in [-0.4, -0.2) is 22.7 Å². The van der Waals surface area contributed by atoms with Crippen molar-refractivity contribution in [1.82, 2.24) is 4.98 Å². The third-order valence-electron chi connectivity index (χ3n) is 2.66. The Morgan fingerprint density at radius 3 is 3.12 bits per heavy atom. The fourth-order valence-corrected chi connectivity index (χ4v) is 1.80. The topological polar surface area (TPSA) is 68.9 Å². The molecule has 0 saturated carbocycles. The van der Waals surface area contributed by atoms with E-state index in [-0.39, 0.29) is 18.6 Å². The molecule has 1 aromatic rings. The van der Waals surface area contributed by atoms with E-state index in [1.807, 2.05) is 12.2 Å². The first-order valence-corrected chi connectivity index (χ1v) is 5.24. The molecule has 0 saturated heterocycles. The highest BCUT2D eigenvalue weighted by Gasteiger charge is 2.18. The van der Waals surface area contributed by atoms with Gasteiger partial charge >= 0.3 is 0 Å². The monoisotopic (exact) mass is 215 g/mol. The molecule has 1 aromatic heterocycles. The molecule has 4 heteroatoms. The molecule has 4 nitrogen and oxygen atoms in total. The molecule has 0 unspecified atom stereocenters. The fraction of sp³-hybridized carbons (Fsp3) is 0.333. The highest BCUT2D eigenvalue weighted by atomic mass is 16.3. The molecule has 16 heavy (non-hydrogen) atoms. The maximum Gasteiger partial charge on any atom is 0.144 e. The summed E-state index contributed by atoms with van der Waals surface area (Å²) in [6, 6.07) is 5.72. The molecule has 2 atom stereocenters. The van der Waals surface area contributed by atoms with Crippen LogP contribution in [0.25, 0.3) is 0 Å². The van der Waals surface area contributed by atoms with Crippen molar-refractivity contribution in [1.29, 1.82) is 5.26 Å². The summed E-state index contributed by atoms with van der Waals surface area (Å²) in [5.41, 5.74) is 0.545. The molecule has 0 spiro atoms. The van der Waals surface area contributed by atoms with Crippen LogP contribution in [0.1, 0.15) is 12.0 Å². The lowest BCUT2D eigenvalue weighted by atomic mass is 10.1. The fourth-order valence-electron chi connectivity index (χ4n) is 1.80. The van der Waals surface area contributed by atoms with E-state index in [1.165, 1.54) is 0 Å². The number of nitrogens with one attached hydrogen (secondary N) is 1. The van der Waals surface area contributed by atoms with Gasteiger partial charge in [-0.1, -0.05) is 12.2 Å². The van der Waals surface area contributed by atoms with Crippen LogP contribution in [0.2, 0.25) is 0 Å². The molecule has 0 bridgehead atoms. The second-order valence-electron chi connectivity index (χ2n) is 3.83. The van der Waals surface area contributed by atoms with Crippen molar-refractivity contribution in [3.8, 4) is 6.07 Å². The standard InChI is InChI=1S/C12H13N3O/c13-7-10-2-1-5-14-12(10)15-11-4-3-9(6-11)8-16/h1-5,9,11,16H,6,8H2,(H,14,15)/t9-,11+/m0/s1. The van der Waals surface area contributed by atoms with Crippen LogP contribution in [0.4, 0.5) is 5.82 Å². The predicted octanol–water partition coefficient (Wildman–Crippen LogP) is 1.30. The maximum atomic E-state index is 9.00. The van der Waals surface area contributed by atoms with Crippen LogP contribution >= 0.6 is 0 Å². The van der Waals surface area contributed by atoms with Crippen molar-refractivity contribution in [3.05, 3.63) is 36.0 Å². The normalized spacial score (nSPS) is 23.0. The number of nitrogens with zero attached hydrogens (tertiary/aromatic N) is 2. The van der Waals surface area contributed by atoms with Gasteiger partial charge in [-0.15, -0.1) is 0 Å². The molecule has 0 radical (unpaired) electrons. The van der Waals surface area contributed by atoms with Gasteiger partial charge in [0.25, 0.3) is 0 Å². The van der Waals surface area contributed by atoms with E-state index >= 15 is 0 Å². The maximum absolute atomic E-state index is 9.00. The number of anilines is 1. The van der Waals surface area contributed by atoms with Gasteiger partial charge in [-0.05, 0) is 18.6 Å². The van der Waals surface area contributed by atoms with E-state index < -0.39 is 0 Å². The van der Waals surface area contributed by atoms with Crippen molar-refractivity contribution in [3.63, 3.8) is 0 Å². The molecule has 0 fully saturated rings. The lowest BCUT2D eigenvalue weighted by Crippen LogP contribution is -2.18. The average molecular weight is 215 g/mol. The van der Waals surface area contributed by atoms with E-state index in [0.717, 1.165) is 6.42 Å². The molecule has 0 aliphatic heterocycles. The molecule has 0 amide bonds. The van der Waals surface area contributed by atoms with Crippen molar-refractivity contribution in [2.75, 3.05) is 11.9 Å². The van der Waals surface area contributed by atoms with Gasteiger partial charge in [0.05, 0.1) is 5.56 Å². The third-order valence-corrected chi connectivity index (χ3v) is 2.66. The molecule has 1 aliphatic rings. The summed E-state index contributed by atoms with van der Waals surface area (Å²) in [7, 11) is 0. The molecular formula is C12H13N3O. The van der Waals surface area contributed by atoms with Gasteiger partial charge < -0.3 is 10.4 Å². The zero-order valence-corrected chi connectivity index (χ0v) is 8.80. The first-order chi connectivity index (χ1) is 7.83. The first kappa shape index (κ1) is 10.7. The Bertz CT molecular complexity index is 436. The van der Waals surface area contributed by atoms with Crippen LogP contribution in [0.5, 0.6) is 0 Å². The lowest BCUT2D eigenvalue weighted by Gasteiger charge is -2.13. The summed E-state index contributed by atoms with van der Waals surface area (Å²) in [5, 5.41) is 21.1. The highest BCUT2D eigenvalue weighted by molar-refractivity contribution is 5.52. The Hall–Kier alpha value is -1.86. The van der Waals surface area contributed by atoms with E-state index in [0.29, 0.717) is 11.4 Å². The molecule has 82 valence electrons. The summed E-state index contributed by atoms with van der Waals surface area (Å²) in [6.07, 6.45) is 6.51. The Balaban J connectivity index is 2.06. The zero-order valence-electron chi connectivity index (χ0n) is 8.80. The zero-order chi connectivity index (χ0) is 11.4. The van der Waals surface area contributed by atoms with Crippen molar-refractivity contribution >= 4 is 5.82 Å². The minimum Gasteiger partial charge on any atom is -0.396 e. The molecule has 1 aliphatic carbocycles. The quantitative estimate of drug-likeness (QED) is 0.746. The van der Waals surface area contributed by atoms with Gasteiger partial charge in [-0.2, -0.15) is 5.26 Å². The molecule has 2 rings (SSSR count). The lowest BCUT2D eigenvalue weighted by molar-refractivity contribution is 0.250. The van der Waals surface area contributed by atoms with Gasteiger partial charge in [-0.3, -0.25) is 0 Å². The molecule has 0 aromatic carbocycles. The summed E-state index contributed by atoms with van der Waals surface area (Å²) in [5.74, 6) is 0.824. The Morgan fingerprint density at radius 2 is 2.44 bits per heavy atom. The number of nitriles is 1. The van der Waals surface area contributed by atoms with Gasteiger partial charge in [0.15, 0.2) is 0 Å². The largest absolute Gasteiger partial charge is 0.396 e. The highest BCUT2D eigenvalue weighted by Crippen LogP contribution is 2.21. The van der Waals surface area contributed by atoms with E-state index in [2.05, 4.69) is 16.4 Å². The van der Waals surface area contributed by atoms with Crippen LogP contribution in [0.15, 0.2) is 30.5 Å². The summed E-state index contributed by atoms with van der Waals surface area (Å²) < 4.78 is 0. The number of hydrogen-bond donors (Lipinski definition) is 2. The number of pyridine rings is 1. The number of aliphatic hydroxyl groups is 1. The SMILES string of the molecule is N#Cc1cccnc1N[C@@H]1C=C[C@H](CO)C1. The Kier molecular flexibility index (Phi) is 3.18. The summed E-state index contributed by atoms with van der Waals surface area (Å²) in [6.45, 7) is 0.169.